The summed E-state index contributed by atoms with van der Waals surface area (Å²) in [6.07, 6.45) is -2.70. The number of anilines is 1. The second-order valence-corrected chi connectivity index (χ2v) is 3.56. The molecule has 2 N–H and O–H groups in total. The molecule has 0 atom stereocenters. The maximum atomic E-state index is 12.4. The molecule has 6 heteroatoms. The first-order valence-electron chi connectivity index (χ1n) is 3.90. The first-order valence-corrected chi connectivity index (χ1v) is 4.72. The van der Waals surface area contributed by atoms with Crippen molar-refractivity contribution >= 4 is 22.3 Å². The van der Waals surface area contributed by atoms with Crippen LogP contribution < -0.4 is 5.73 Å². The zero-order valence-electron chi connectivity index (χ0n) is 7.42. The summed E-state index contributed by atoms with van der Waals surface area (Å²) in [6.45, 7) is 1.76. The molecule has 0 saturated heterocycles. The van der Waals surface area contributed by atoms with Gasteiger partial charge in [0.1, 0.15) is 0 Å². The first kappa shape index (κ1) is 10.9. The van der Waals surface area contributed by atoms with Crippen molar-refractivity contribution in [2.75, 3.05) is 12.3 Å². The molecule has 1 rings (SSSR count). The number of carbonyl (C=O) groups excluding carboxylic acids is 1. The molecular weight excluding hydrogens is 212 g/mol. The van der Waals surface area contributed by atoms with Crippen molar-refractivity contribution < 1.29 is 18.3 Å². The van der Waals surface area contributed by atoms with Gasteiger partial charge in [-0.15, -0.1) is 11.3 Å². The lowest BCUT2D eigenvalue weighted by Gasteiger charge is -2.01. The van der Waals surface area contributed by atoms with E-state index in [0.29, 0.717) is 11.3 Å². The maximum Gasteiger partial charge on any atom is 0.339 e. The topological polar surface area (TPSA) is 52.3 Å². The molecule has 0 saturated carbocycles. The van der Waals surface area contributed by atoms with E-state index >= 15 is 0 Å². The monoisotopic (exact) mass is 221 g/mol. The van der Waals surface area contributed by atoms with Crippen LogP contribution in [-0.2, 0) is 4.74 Å². The maximum absolute atomic E-state index is 12.4. The standard InChI is InChI=1S/C8H9F2NO2S/c1-2-13-8(12)4-3-5(11)14-6(4)7(9)10/h3,7H,2,11H2,1H3. The molecule has 1 heterocycles. The molecule has 78 valence electrons. The molecule has 0 aromatic carbocycles. The molecule has 0 radical (unpaired) electrons. The third kappa shape index (κ3) is 2.20. The number of hydrogen-bond donors (Lipinski definition) is 1. The number of thiophene rings is 1. The number of carbonyl (C=O) groups is 1. The predicted octanol–water partition coefficient (Wildman–Crippen LogP) is 2.44. The third-order valence-corrected chi connectivity index (χ3v) is 2.44. The van der Waals surface area contributed by atoms with E-state index in [1.807, 2.05) is 0 Å². The van der Waals surface area contributed by atoms with Crippen molar-refractivity contribution in [2.45, 2.75) is 13.3 Å². The molecule has 0 unspecified atom stereocenters. The second kappa shape index (κ2) is 4.36. The van der Waals surface area contributed by atoms with Crippen molar-refractivity contribution in [3.8, 4) is 0 Å². The zero-order valence-corrected chi connectivity index (χ0v) is 8.24. The number of alkyl halides is 2. The highest BCUT2D eigenvalue weighted by Gasteiger charge is 2.22. The van der Waals surface area contributed by atoms with E-state index < -0.39 is 12.4 Å². The summed E-state index contributed by atoms with van der Waals surface area (Å²) >= 11 is 0.704. The Hall–Kier alpha value is -1.17. The predicted molar refractivity (Wildman–Crippen MR) is 49.6 cm³/mol. The molecule has 3 nitrogen and oxygen atoms in total. The average Bonchev–Trinajstić information content (AvgIpc) is 2.48. The van der Waals surface area contributed by atoms with Gasteiger partial charge in [0, 0.05) is 0 Å². The summed E-state index contributed by atoms with van der Waals surface area (Å²) < 4.78 is 29.4. The molecule has 1 aromatic rings. The lowest BCUT2D eigenvalue weighted by molar-refractivity contribution is 0.0517. The third-order valence-electron chi connectivity index (χ3n) is 1.47. The van der Waals surface area contributed by atoms with Crippen molar-refractivity contribution in [3.63, 3.8) is 0 Å². The van der Waals surface area contributed by atoms with Crippen molar-refractivity contribution in [1.82, 2.24) is 0 Å². The molecule has 0 fully saturated rings. The van der Waals surface area contributed by atoms with Gasteiger partial charge >= 0.3 is 5.97 Å². The second-order valence-electron chi connectivity index (χ2n) is 2.45. The van der Waals surface area contributed by atoms with E-state index in [-0.39, 0.29) is 22.0 Å². The van der Waals surface area contributed by atoms with Crippen LogP contribution in [0.5, 0.6) is 0 Å². The van der Waals surface area contributed by atoms with Crippen molar-refractivity contribution in [2.24, 2.45) is 0 Å². The summed E-state index contributed by atoms with van der Waals surface area (Å²) in [5.74, 6) is -0.754. The van der Waals surface area contributed by atoms with Crippen LogP contribution in [0.1, 0.15) is 28.6 Å². The summed E-state index contributed by atoms with van der Waals surface area (Å²) in [7, 11) is 0. The lowest BCUT2D eigenvalue weighted by atomic mass is 10.2. The van der Waals surface area contributed by atoms with Crippen LogP contribution in [0.4, 0.5) is 13.8 Å². The van der Waals surface area contributed by atoms with Gasteiger partial charge in [-0.3, -0.25) is 0 Å². The van der Waals surface area contributed by atoms with Gasteiger partial charge in [0.15, 0.2) is 0 Å². The minimum Gasteiger partial charge on any atom is -0.462 e. The molecular formula is C8H9F2NO2S. The number of halogens is 2. The van der Waals surface area contributed by atoms with Crippen LogP contribution in [0, 0.1) is 0 Å². The highest BCUT2D eigenvalue weighted by Crippen LogP contribution is 2.33. The first-order chi connectivity index (χ1) is 6.56. The Balaban J connectivity index is 3.00. The zero-order chi connectivity index (χ0) is 10.7. The Morgan fingerprint density at radius 2 is 2.36 bits per heavy atom. The SMILES string of the molecule is CCOC(=O)c1cc(N)sc1C(F)F. The molecule has 0 bridgehead atoms. The van der Waals surface area contributed by atoms with E-state index in [2.05, 4.69) is 4.74 Å². The number of hydrogen-bond acceptors (Lipinski definition) is 4. The largest absolute Gasteiger partial charge is 0.462 e. The summed E-state index contributed by atoms with van der Waals surface area (Å²) in [5, 5.41) is 0.184. The van der Waals surface area contributed by atoms with Crippen LogP contribution in [0.3, 0.4) is 0 Å². The molecule has 0 amide bonds. The fraction of sp³-hybridized carbons (Fsp3) is 0.375. The lowest BCUT2D eigenvalue weighted by Crippen LogP contribution is -2.05. The Bertz CT molecular complexity index is 338. The van der Waals surface area contributed by atoms with E-state index in [1.165, 1.54) is 6.07 Å². The number of rotatable bonds is 3. The van der Waals surface area contributed by atoms with Crippen LogP contribution in [-0.4, -0.2) is 12.6 Å². The van der Waals surface area contributed by atoms with E-state index in [1.54, 1.807) is 6.92 Å². The smallest absolute Gasteiger partial charge is 0.339 e. The normalized spacial score (nSPS) is 10.6. The Labute approximate surface area is 83.5 Å². The highest BCUT2D eigenvalue weighted by atomic mass is 32.1. The van der Waals surface area contributed by atoms with Gasteiger partial charge in [0.25, 0.3) is 6.43 Å². The summed E-state index contributed by atoms with van der Waals surface area (Å²) in [4.78, 5) is 10.8. The molecule has 1 aromatic heterocycles. The molecule has 0 aliphatic rings. The fourth-order valence-corrected chi connectivity index (χ4v) is 1.73. The van der Waals surface area contributed by atoms with Gasteiger partial charge in [-0.25, -0.2) is 13.6 Å². The van der Waals surface area contributed by atoms with E-state index in [4.69, 9.17) is 5.73 Å². The van der Waals surface area contributed by atoms with Crippen LogP contribution >= 0.6 is 11.3 Å². The van der Waals surface area contributed by atoms with Gasteiger partial charge in [-0.1, -0.05) is 0 Å². The number of ether oxygens (including phenoxy) is 1. The van der Waals surface area contributed by atoms with Crippen LogP contribution in [0.25, 0.3) is 0 Å². The minimum atomic E-state index is -2.70. The van der Waals surface area contributed by atoms with Crippen LogP contribution in [0.15, 0.2) is 6.07 Å². The van der Waals surface area contributed by atoms with Crippen molar-refractivity contribution in [3.05, 3.63) is 16.5 Å². The van der Waals surface area contributed by atoms with E-state index in [0.717, 1.165) is 0 Å². The fourth-order valence-electron chi connectivity index (χ4n) is 0.955. The van der Waals surface area contributed by atoms with Crippen molar-refractivity contribution in [1.29, 1.82) is 0 Å². The number of nitrogens with two attached hydrogens (primary N) is 1. The van der Waals surface area contributed by atoms with E-state index in [9.17, 15) is 13.6 Å². The number of nitrogen functional groups attached to an aromatic ring is 1. The molecule has 0 aliphatic carbocycles. The van der Waals surface area contributed by atoms with Gasteiger partial charge in [-0.2, -0.15) is 0 Å². The van der Waals surface area contributed by atoms with Gasteiger partial charge in [-0.05, 0) is 13.0 Å². The Morgan fingerprint density at radius 1 is 1.71 bits per heavy atom. The van der Waals surface area contributed by atoms with Gasteiger partial charge in [0.05, 0.1) is 22.0 Å². The quantitative estimate of drug-likeness (QED) is 0.797. The molecule has 14 heavy (non-hydrogen) atoms. The minimum absolute atomic E-state index is 0.135. The number of esters is 1. The van der Waals surface area contributed by atoms with Crippen LogP contribution in [0.2, 0.25) is 0 Å². The summed E-state index contributed by atoms with van der Waals surface area (Å²) in [5.41, 5.74) is 5.19. The Morgan fingerprint density at radius 3 is 2.86 bits per heavy atom. The molecule has 0 aliphatic heterocycles. The molecule has 0 spiro atoms. The van der Waals surface area contributed by atoms with Gasteiger partial charge < -0.3 is 10.5 Å². The van der Waals surface area contributed by atoms with Gasteiger partial charge in [0.2, 0.25) is 0 Å². The average molecular weight is 221 g/mol. The Kier molecular flexibility index (Phi) is 3.40. The highest BCUT2D eigenvalue weighted by molar-refractivity contribution is 7.16. The summed E-state index contributed by atoms with van der Waals surface area (Å²) in [6, 6.07) is 1.21.